The number of benzene rings is 1. The molecule has 1 heterocycles. The van der Waals surface area contributed by atoms with Gasteiger partial charge in [-0.05, 0) is 61.9 Å². The molecule has 3 rings (SSSR count). The fourth-order valence-corrected chi connectivity index (χ4v) is 3.77. The van der Waals surface area contributed by atoms with Crippen LogP contribution in [0.3, 0.4) is 0 Å². The first-order valence-corrected chi connectivity index (χ1v) is 9.11. The summed E-state index contributed by atoms with van der Waals surface area (Å²) < 4.78 is 0. The van der Waals surface area contributed by atoms with Gasteiger partial charge in [-0.25, -0.2) is 0 Å². The fraction of sp³-hybridized carbons (Fsp3) is 0.650. The SMILES string of the molecule is CC(C)C1CN(Cc2cccc(C#N)c2)CCCN1CC1CC1. The van der Waals surface area contributed by atoms with Gasteiger partial charge in [0.05, 0.1) is 11.6 Å². The van der Waals surface area contributed by atoms with Crippen molar-refractivity contribution < 1.29 is 0 Å². The van der Waals surface area contributed by atoms with Gasteiger partial charge >= 0.3 is 0 Å². The Balaban J connectivity index is 1.66. The van der Waals surface area contributed by atoms with E-state index in [-0.39, 0.29) is 0 Å². The Morgan fingerprint density at radius 3 is 2.78 bits per heavy atom. The number of nitriles is 1. The Labute approximate surface area is 140 Å². The molecule has 0 spiro atoms. The van der Waals surface area contributed by atoms with Crippen molar-refractivity contribution in [3.8, 4) is 6.07 Å². The summed E-state index contributed by atoms with van der Waals surface area (Å²) in [6.07, 6.45) is 4.13. The lowest BCUT2D eigenvalue weighted by Gasteiger charge is -2.34. The van der Waals surface area contributed by atoms with E-state index >= 15 is 0 Å². The van der Waals surface area contributed by atoms with E-state index in [2.05, 4.69) is 35.8 Å². The molecule has 1 aromatic rings. The summed E-state index contributed by atoms with van der Waals surface area (Å²) in [5.74, 6) is 1.66. The number of hydrogen-bond acceptors (Lipinski definition) is 3. The van der Waals surface area contributed by atoms with Crippen LogP contribution in [-0.2, 0) is 6.54 Å². The van der Waals surface area contributed by atoms with Crippen molar-refractivity contribution in [2.24, 2.45) is 11.8 Å². The molecule has 1 saturated carbocycles. The first-order chi connectivity index (χ1) is 11.2. The summed E-state index contributed by atoms with van der Waals surface area (Å²) in [6.45, 7) is 10.6. The molecule has 124 valence electrons. The first kappa shape index (κ1) is 16.5. The minimum absolute atomic E-state index is 0.664. The maximum atomic E-state index is 9.08. The third-order valence-corrected chi connectivity index (χ3v) is 5.26. The highest BCUT2D eigenvalue weighted by Crippen LogP contribution is 2.32. The van der Waals surface area contributed by atoms with E-state index in [1.54, 1.807) is 0 Å². The van der Waals surface area contributed by atoms with Crippen LogP contribution in [-0.4, -0.2) is 42.0 Å². The summed E-state index contributed by atoms with van der Waals surface area (Å²) in [7, 11) is 0. The highest BCUT2D eigenvalue weighted by Gasteiger charge is 2.32. The molecule has 3 heteroatoms. The van der Waals surface area contributed by atoms with E-state index in [4.69, 9.17) is 5.26 Å². The predicted octanol–water partition coefficient (Wildman–Crippen LogP) is 3.50. The van der Waals surface area contributed by atoms with Crippen LogP contribution in [0.2, 0.25) is 0 Å². The lowest BCUT2D eigenvalue weighted by Crippen LogP contribution is -2.45. The van der Waals surface area contributed by atoms with Crippen molar-refractivity contribution >= 4 is 0 Å². The van der Waals surface area contributed by atoms with Crippen LogP contribution in [0.4, 0.5) is 0 Å². The molecule has 0 bridgehead atoms. The molecule has 1 aliphatic carbocycles. The smallest absolute Gasteiger partial charge is 0.0991 e. The van der Waals surface area contributed by atoms with Crippen LogP contribution in [0, 0.1) is 23.2 Å². The molecule has 1 atom stereocenters. The Kier molecular flexibility index (Phi) is 5.35. The standard InChI is InChI=1S/C20H29N3/c1-16(2)20-15-22(9-4-10-23(20)14-17-7-8-17)13-19-6-3-5-18(11-19)12-21/h3,5-6,11,16-17,20H,4,7-10,13-15H2,1-2H3. The second-order valence-corrected chi connectivity index (χ2v) is 7.65. The van der Waals surface area contributed by atoms with Gasteiger partial charge < -0.3 is 0 Å². The van der Waals surface area contributed by atoms with E-state index in [0.29, 0.717) is 12.0 Å². The van der Waals surface area contributed by atoms with E-state index in [0.717, 1.165) is 24.6 Å². The Morgan fingerprint density at radius 1 is 1.26 bits per heavy atom. The van der Waals surface area contributed by atoms with Crippen LogP contribution in [0.25, 0.3) is 0 Å². The van der Waals surface area contributed by atoms with Crippen molar-refractivity contribution in [1.29, 1.82) is 5.26 Å². The third kappa shape index (κ3) is 4.56. The topological polar surface area (TPSA) is 30.3 Å². The van der Waals surface area contributed by atoms with Crippen molar-refractivity contribution in [3.05, 3.63) is 35.4 Å². The lowest BCUT2D eigenvalue weighted by molar-refractivity contribution is 0.132. The summed E-state index contributed by atoms with van der Waals surface area (Å²) >= 11 is 0. The minimum Gasteiger partial charge on any atom is -0.299 e. The molecule has 0 N–H and O–H groups in total. The Hall–Kier alpha value is -1.37. The molecule has 0 radical (unpaired) electrons. The molecule has 1 aromatic carbocycles. The van der Waals surface area contributed by atoms with Crippen LogP contribution in [0.5, 0.6) is 0 Å². The van der Waals surface area contributed by atoms with Crippen LogP contribution < -0.4 is 0 Å². The molecular weight excluding hydrogens is 282 g/mol. The molecule has 2 fully saturated rings. The average molecular weight is 311 g/mol. The van der Waals surface area contributed by atoms with Gasteiger partial charge in [0.25, 0.3) is 0 Å². The van der Waals surface area contributed by atoms with E-state index < -0.39 is 0 Å². The minimum atomic E-state index is 0.664. The molecule has 1 saturated heterocycles. The van der Waals surface area contributed by atoms with Crippen LogP contribution in [0.15, 0.2) is 24.3 Å². The van der Waals surface area contributed by atoms with E-state index in [9.17, 15) is 0 Å². The maximum Gasteiger partial charge on any atom is 0.0991 e. The molecular formula is C20H29N3. The van der Waals surface area contributed by atoms with Crippen LogP contribution >= 0.6 is 0 Å². The van der Waals surface area contributed by atoms with E-state index in [1.165, 1.54) is 44.5 Å². The summed E-state index contributed by atoms with van der Waals surface area (Å²) in [5, 5.41) is 9.08. The third-order valence-electron chi connectivity index (χ3n) is 5.26. The van der Waals surface area contributed by atoms with Gasteiger partial charge in [-0.15, -0.1) is 0 Å². The van der Waals surface area contributed by atoms with Crippen molar-refractivity contribution in [2.45, 2.75) is 45.7 Å². The summed E-state index contributed by atoms with van der Waals surface area (Å²) in [5.41, 5.74) is 2.04. The molecule has 0 aromatic heterocycles. The van der Waals surface area contributed by atoms with Gasteiger partial charge in [-0.1, -0.05) is 26.0 Å². The zero-order chi connectivity index (χ0) is 16.2. The first-order valence-electron chi connectivity index (χ1n) is 9.11. The molecule has 23 heavy (non-hydrogen) atoms. The fourth-order valence-electron chi connectivity index (χ4n) is 3.77. The second kappa shape index (κ2) is 7.47. The summed E-state index contributed by atoms with van der Waals surface area (Å²) in [6, 6.07) is 11.0. The number of rotatable bonds is 5. The van der Waals surface area contributed by atoms with Gasteiger partial charge in [0.15, 0.2) is 0 Å². The number of nitrogens with zero attached hydrogens (tertiary/aromatic N) is 3. The normalized spacial score (nSPS) is 23.7. The second-order valence-electron chi connectivity index (χ2n) is 7.65. The molecule has 2 aliphatic rings. The lowest BCUT2D eigenvalue weighted by atomic mass is 10.0. The van der Waals surface area contributed by atoms with Gasteiger partial charge in [-0.2, -0.15) is 5.26 Å². The van der Waals surface area contributed by atoms with Crippen molar-refractivity contribution in [2.75, 3.05) is 26.2 Å². The Bertz CT molecular complexity index is 556. The zero-order valence-corrected chi connectivity index (χ0v) is 14.5. The zero-order valence-electron chi connectivity index (χ0n) is 14.5. The molecule has 0 amide bonds. The van der Waals surface area contributed by atoms with Gasteiger partial charge in [0.2, 0.25) is 0 Å². The summed E-state index contributed by atoms with van der Waals surface area (Å²) in [4.78, 5) is 5.35. The largest absolute Gasteiger partial charge is 0.299 e. The predicted molar refractivity (Wildman–Crippen MR) is 94.0 cm³/mol. The molecule has 1 aliphatic heterocycles. The molecule has 1 unspecified atom stereocenters. The Morgan fingerprint density at radius 2 is 2.09 bits per heavy atom. The maximum absolute atomic E-state index is 9.08. The van der Waals surface area contributed by atoms with Gasteiger partial charge in [0, 0.05) is 25.7 Å². The monoisotopic (exact) mass is 311 g/mol. The average Bonchev–Trinajstić information content (AvgIpc) is 3.36. The van der Waals surface area contributed by atoms with E-state index in [1.807, 2.05) is 18.2 Å². The van der Waals surface area contributed by atoms with Crippen LogP contribution in [0.1, 0.15) is 44.2 Å². The van der Waals surface area contributed by atoms with Crippen molar-refractivity contribution in [3.63, 3.8) is 0 Å². The van der Waals surface area contributed by atoms with Gasteiger partial charge in [0.1, 0.15) is 0 Å². The van der Waals surface area contributed by atoms with Crippen molar-refractivity contribution in [1.82, 2.24) is 9.80 Å². The highest BCUT2D eigenvalue weighted by molar-refractivity contribution is 5.32. The molecule has 3 nitrogen and oxygen atoms in total. The van der Waals surface area contributed by atoms with Gasteiger partial charge in [-0.3, -0.25) is 9.80 Å². The quantitative estimate of drug-likeness (QED) is 0.834. The number of hydrogen-bond donors (Lipinski definition) is 0. The highest BCUT2D eigenvalue weighted by atomic mass is 15.2.